The van der Waals surface area contributed by atoms with Crippen molar-refractivity contribution < 1.29 is 4.42 Å². The summed E-state index contributed by atoms with van der Waals surface area (Å²) in [5.41, 5.74) is 5.09. The van der Waals surface area contributed by atoms with Crippen molar-refractivity contribution in [2.75, 3.05) is 32.5 Å². The molecule has 1 heterocycles. The summed E-state index contributed by atoms with van der Waals surface area (Å²) in [5, 5.41) is 3.40. The van der Waals surface area contributed by atoms with Crippen molar-refractivity contribution in [2.24, 2.45) is 0 Å². The molecule has 0 fully saturated rings. The molecular weight excluding hydrogens is 286 g/mol. The molecule has 0 saturated carbocycles. The maximum absolute atomic E-state index is 5.93. The van der Waals surface area contributed by atoms with Crippen LogP contribution in [-0.4, -0.2) is 37.1 Å². The SMILES string of the molecule is CCc1ccc(-c2nc3ccc(NCCN(C)C)cc3o2)cc1. The van der Waals surface area contributed by atoms with Gasteiger partial charge in [0.2, 0.25) is 5.89 Å². The normalized spacial score (nSPS) is 11.3. The smallest absolute Gasteiger partial charge is 0.227 e. The van der Waals surface area contributed by atoms with Crippen LogP contribution in [0.1, 0.15) is 12.5 Å². The van der Waals surface area contributed by atoms with Crippen LogP contribution < -0.4 is 5.32 Å². The molecule has 120 valence electrons. The Balaban J connectivity index is 1.80. The predicted molar refractivity (Wildman–Crippen MR) is 95.9 cm³/mol. The van der Waals surface area contributed by atoms with Gasteiger partial charge in [-0.25, -0.2) is 4.98 Å². The average Bonchev–Trinajstić information content (AvgIpc) is 2.98. The van der Waals surface area contributed by atoms with Crippen molar-refractivity contribution in [3.05, 3.63) is 48.0 Å². The highest BCUT2D eigenvalue weighted by Crippen LogP contribution is 2.26. The highest BCUT2D eigenvalue weighted by Gasteiger charge is 2.08. The van der Waals surface area contributed by atoms with Gasteiger partial charge in [0.05, 0.1) is 0 Å². The number of oxazole rings is 1. The van der Waals surface area contributed by atoms with Crippen molar-refractivity contribution in [3.63, 3.8) is 0 Å². The van der Waals surface area contributed by atoms with Crippen molar-refractivity contribution in [1.29, 1.82) is 0 Å². The minimum Gasteiger partial charge on any atom is -0.436 e. The molecule has 2 aromatic carbocycles. The van der Waals surface area contributed by atoms with Crippen LogP contribution in [0.5, 0.6) is 0 Å². The van der Waals surface area contributed by atoms with E-state index in [0.29, 0.717) is 5.89 Å². The van der Waals surface area contributed by atoms with Crippen LogP contribution in [0.3, 0.4) is 0 Å². The monoisotopic (exact) mass is 309 g/mol. The molecule has 4 nitrogen and oxygen atoms in total. The van der Waals surface area contributed by atoms with Gasteiger partial charge in [-0.05, 0) is 50.3 Å². The van der Waals surface area contributed by atoms with Gasteiger partial charge in [-0.2, -0.15) is 0 Å². The Hall–Kier alpha value is -2.33. The van der Waals surface area contributed by atoms with E-state index in [2.05, 4.69) is 60.5 Å². The number of likely N-dealkylation sites (N-methyl/N-ethyl adjacent to an activating group) is 1. The molecule has 1 N–H and O–H groups in total. The van der Waals surface area contributed by atoms with Gasteiger partial charge in [-0.15, -0.1) is 0 Å². The molecule has 0 aliphatic heterocycles. The maximum atomic E-state index is 5.93. The average molecular weight is 309 g/mol. The highest BCUT2D eigenvalue weighted by molar-refractivity contribution is 5.79. The zero-order valence-corrected chi connectivity index (χ0v) is 14.0. The number of hydrogen-bond donors (Lipinski definition) is 1. The van der Waals surface area contributed by atoms with E-state index in [1.165, 1.54) is 5.56 Å². The number of benzene rings is 2. The lowest BCUT2D eigenvalue weighted by Crippen LogP contribution is -2.20. The third-order valence-corrected chi connectivity index (χ3v) is 3.89. The lowest BCUT2D eigenvalue weighted by molar-refractivity contribution is 0.425. The summed E-state index contributed by atoms with van der Waals surface area (Å²) in [7, 11) is 4.13. The summed E-state index contributed by atoms with van der Waals surface area (Å²) in [6.07, 6.45) is 1.04. The van der Waals surface area contributed by atoms with Crippen molar-refractivity contribution >= 4 is 16.8 Å². The second-order valence-electron chi connectivity index (χ2n) is 5.98. The van der Waals surface area contributed by atoms with E-state index >= 15 is 0 Å². The molecule has 0 bridgehead atoms. The molecule has 0 unspecified atom stereocenters. The predicted octanol–water partition coefficient (Wildman–Crippen LogP) is 4.03. The highest BCUT2D eigenvalue weighted by atomic mass is 16.3. The summed E-state index contributed by atoms with van der Waals surface area (Å²) >= 11 is 0. The van der Waals surface area contributed by atoms with Gasteiger partial charge in [-0.3, -0.25) is 0 Å². The molecule has 1 aromatic heterocycles. The fourth-order valence-corrected chi connectivity index (χ4v) is 2.46. The van der Waals surface area contributed by atoms with E-state index in [1.807, 2.05) is 18.2 Å². The van der Waals surface area contributed by atoms with Gasteiger partial charge in [-0.1, -0.05) is 19.1 Å². The van der Waals surface area contributed by atoms with Crippen LogP contribution in [0.25, 0.3) is 22.6 Å². The molecule has 0 amide bonds. The van der Waals surface area contributed by atoms with Gasteiger partial charge in [0, 0.05) is 30.4 Å². The van der Waals surface area contributed by atoms with Crippen LogP contribution >= 0.6 is 0 Å². The van der Waals surface area contributed by atoms with Gasteiger partial charge in [0.25, 0.3) is 0 Å². The number of rotatable bonds is 6. The minimum absolute atomic E-state index is 0.674. The van der Waals surface area contributed by atoms with Gasteiger partial charge in [0.1, 0.15) is 5.52 Å². The number of fused-ring (bicyclic) bond motifs is 1. The van der Waals surface area contributed by atoms with Gasteiger partial charge < -0.3 is 14.6 Å². The third-order valence-electron chi connectivity index (χ3n) is 3.89. The summed E-state index contributed by atoms with van der Waals surface area (Å²) in [5.74, 6) is 0.674. The second kappa shape index (κ2) is 6.84. The summed E-state index contributed by atoms with van der Waals surface area (Å²) in [6.45, 7) is 4.04. The quantitative estimate of drug-likeness (QED) is 0.746. The molecular formula is C19H23N3O. The fourth-order valence-electron chi connectivity index (χ4n) is 2.46. The van der Waals surface area contributed by atoms with E-state index in [1.54, 1.807) is 0 Å². The Morgan fingerprint density at radius 1 is 1.09 bits per heavy atom. The number of hydrogen-bond acceptors (Lipinski definition) is 4. The lowest BCUT2D eigenvalue weighted by atomic mass is 10.1. The first-order valence-electron chi connectivity index (χ1n) is 8.04. The molecule has 0 spiro atoms. The first kappa shape index (κ1) is 15.6. The van der Waals surface area contributed by atoms with Crippen molar-refractivity contribution in [1.82, 2.24) is 9.88 Å². The van der Waals surface area contributed by atoms with Crippen LogP contribution in [0.4, 0.5) is 5.69 Å². The molecule has 0 aliphatic carbocycles. The Morgan fingerprint density at radius 2 is 1.87 bits per heavy atom. The summed E-state index contributed by atoms with van der Waals surface area (Å²) < 4.78 is 5.93. The van der Waals surface area contributed by atoms with Crippen LogP contribution in [-0.2, 0) is 6.42 Å². The minimum atomic E-state index is 0.674. The van der Waals surface area contributed by atoms with Gasteiger partial charge in [0.15, 0.2) is 5.58 Å². The van der Waals surface area contributed by atoms with E-state index in [4.69, 9.17) is 4.42 Å². The molecule has 0 atom stereocenters. The second-order valence-corrected chi connectivity index (χ2v) is 5.98. The lowest BCUT2D eigenvalue weighted by Gasteiger charge is -2.10. The van der Waals surface area contributed by atoms with E-state index < -0.39 is 0 Å². The first-order valence-corrected chi connectivity index (χ1v) is 8.04. The summed E-state index contributed by atoms with van der Waals surface area (Å²) in [6, 6.07) is 14.4. The Morgan fingerprint density at radius 3 is 2.57 bits per heavy atom. The number of aromatic nitrogens is 1. The number of anilines is 1. The first-order chi connectivity index (χ1) is 11.2. The van der Waals surface area contributed by atoms with Crippen molar-refractivity contribution in [3.8, 4) is 11.5 Å². The molecule has 4 heteroatoms. The van der Waals surface area contributed by atoms with Crippen LogP contribution in [0.15, 0.2) is 46.9 Å². The topological polar surface area (TPSA) is 41.3 Å². The molecule has 3 aromatic rings. The fraction of sp³-hybridized carbons (Fsp3) is 0.316. The number of nitrogens with zero attached hydrogens (tertiary/aromatic N) is 2. The standard InChI is InChI=1S/C19H23N3O/c1-4-14-5-7-15(8-6-14)19-21-17-10-9-16(13-18(17)23-19)20-11-12-22(2)3/h5-10,13,20H,4,11-12H2,1-3H3. The zero-order valence-electron chi connectivity index (χ0n) is 14.0. The van der Waals surface area contributed by atoms with Crippen LogP contribution in [0, 0.1) is 0 Å². The third kappa shape index (κ3) is 3.71. The zero-order chi connectivity index (χ0) is 16.2. The maximum Gasteiger partial charge on any atom is 0.227 e. The van der Waals surface area contributed by atoms with E-state index in [9.17, 15) is 0 Å². The molecule has 0 saturated heterocycles. The number of aryl methyl sites for hydroxylation is 1. The molecule has 0 radical (unpaired) electrons. The van der Waals surface area contributed by atoms with Crippen molar-refractivity contribution in [2.45, 2.75) is 13.3 Å². The van der Waals surface area contributed by atoms with E-state index in [0.717, 1.165) is 41.9 Å². The molecule has 0 aliphatic rings. The molecule has 3 rings (SSSR count). The molecule has 23 heavy (non-hydrogen) atoms. The Bertz CT molecular complexity index is 775. The van der Waals surface area contributed by atoms with E-state index in [-0.39, 0.29) is 0 Å². The summed E-state index contributed by atoms with van der Waals surface area (Å²) in [4.78, 5) is 6.74. The Labute approximate surface area is 137 Å². The number of nitrogens with one attached hydrogen (secondary N) is 1. The van der Waals surface area contributed by atoms with Gasteiger partial charge >= 0.3 is 0 Å². The largest absolute Gasteiger partial charge is 0.436 e. The van der Waals surface area contributed by atoms with Crippen LogP contribution in [0.2, 0.25) is 0 Å². The Kier molecular flexibility index (Phi) is 4.63.